The van der Waals surface area contributed by atoms with Gasteiger partial charge in [-0.25, -0.2) is 0 Å². The molecule has 0 aliphatic carbocycles. The van der Waals surface area contributed by atoms with E-state index in [1.807, 2.05) is 13.8 Å². The maximum atomic E-state index is 12.3. The SMILES string of the molecule is C=Cc1cc(OC(=O)CC(CO[N+](=O)[O-])CO[N+](=O)[O-])ccc1OC(=O)CC(CO[N+](=O)[O-])CO[N+](=O)[O-].CC. The minimum absolute atomic E-state index is 0.0782. The minimum atomic E-state index is -1.15. The first-order chi connectivity index (χ1) is 18.9. The number of benzene rings is 1. The molecule has 0 radical (unpaired) electrons. The van der Waals surface area contributed by atoms with Crippen molar-refractivity contribution in [3.05, 3.63) is 70.8 Å². The third kappa shape index (κ3) is 15.7. The molecule has 0 spiro atoms. The van der Waals surface area contributed by atoms with Crippen LogP contribution >= 0.6 is 0 Å². The van der Waals surface area contributed by atoms with Crippen LogP contribution in [0.5, 0.6) is 11.5 Å². The number of rotatable bonds is 19. The lowest BCUT2D eigenvalue weighted by molar-refractivity contribution is -0.768. The molecule has 0 bridgehead atoms. The molecular formula is C20H26N4O16. The predicted molar refractivity (Wildman–Crippen MR) is 127 cm³/mol. The molecule has 0 N–H and O–H groups in total. The molecule has 1 aromatic rings. The first-order valence-corrected chi connectivity index (χ1v) is 11.2. The highest BCUT2D eigenvalue weighted by Gasteiger charge is 2.22. The van der Waals surface area contributed by atoms with E-state index in [2.05, 4.69) is 25.9 Å². The highest BCUT2D eigenvalue weighted by Crippen LogP contribution is 2.27. The fourth-order valence-corrected chi connectivity index (χ4v) is 2.65. The largest absolute Gasteiger partial charge is 0.426 e. The molecule has 0 aliphatic rings. The van der Waals surface area contributed by atoms with Crippen LogP contribution in [0.3, 0.4) is 0 Å². The molecule has 40 heavy (non-hydrogen) atoms. The topological polar surface area (TPSA) is 262 Å². The summed E-state index contributed by atoms with van der Waals surface area (Å²) in [6, 6.07) is 3.64. The van der Waals surface area contributed by atoms with Crippen molar-refractivity contribution in [2.24, 2.45) is 11.8 Å². The number of carbonyl (C=O) groups excluding carboxylic acids is 2. The summed E-state index contributed by atoms with van der Waals surface area (Å²) in [5, 5.41) is 36.9. The lowest BCUT2D eigenvalue weighted by Gasteiger charge is -2.15. The highest BCUT2D eigenvalue weighted by molar-refractivity contribution is 5.76. The van der Waals surface area contributed by atoms with Crippen LogP contribution in [-0.4, -0.2) is 58.7 Å². The van der Waals surface area contributed by atoms with E-state index < -0.39 is 83.4 Å². The van der Waals surface area contributed by atoms with E-state index in [-0.39, 0.29) is 17.1 Å². The van der Waals surface area contributed by atoms with E-state index in [0.717, 1.165) is 0 Å². The van der Waals surface area contributed by atoms with Gasteiger partial charge >= 0.3 is 11.9 Å². The summed E-state index contributed by atoms with van der Waals surface area (Å²) < 4.78 is 10.2. The number of esters is 2. The van der Waals surface area contributed by atoms with Gasteiger partial charge in [0.15, 0.2) is 0 Å². The second kappa shape index (κ2) is 18.9. The van der Waals surface area contributed by atoms with E-state index in [1.54, 1.807) is 0 Å². The maximum absolute atomic E-state index is 12.3. The molecule has 0 saturated heterocycles. The predicted octanol–water partition coefficient (Wildman–Crippen LogP) is 2.01. The Bertz CT molecular complexity index is 1010. The Morgan fingerprint density at radius 1 is 0.750 bits per heavy atom. The molecular weight excluding hydrogens is 552 g/mol. The van der Waals surface area contributed by atoms with Crippen LogP contribution in [0.15, 0.2) is 24.8 Å². The molecule has 0 aliphatic heterocycles. The van der Waals surface area contributed by atoms with Crippen molar-refractivity contribution in [2.75, 3.05) is 26.4 Å². The van der Waals surface area contributed by atoms with Crippen molar-refractivity contribution in [1.29, 1.82) is 0 Å². The molecule has 20 nitrogen and oxygen atoms in total. The summed E-state index contributed by atoms with van der Waals surface area (Å²) in [6.45, 7) is 4.81. The van der Waals surface area contributed by atoms with Gasteiger partial charge in [-0.05, 0) is 18.2 Å². The van der Waals surface area contributed by atoms with Gasteiger partial charge in [0.1, 0.15) is 37.9 Å². The minimum Gasteiger partial charge on any atom is -0.426 e. The van der Waals surface area contributed by atoms with E-state index in [9.17, 15) is 50.0 Å². The zero-order valence-corrected chi connectivity index (χ0v) is 21.2. The lowest BCUT2D eigenvalue weighted by atomic mass is 10.1. The van der Waals surface area contributed by atoms with Gasteiger partial charge in [0.05, 0.1) is 12.8 Å². The molecule has 0 saturated carbocycles. The Morgan fingerprint density at radius 3 is 1.48 bits per heavy atom. The maximum Gasteiger partial charge on any atom is 0.311 e. The lowest BCUT2D eigenvalue weighted by Crippen LogP contribution is -2.25. The zero-order chi connectivity index (χ0) is 30.7. The Hall–Kier alpha value is -5.30. The Kier molecular flexibility index (Phi) is 16.4. The van der Waals surface area contributed by atoms with Gasteiger partial charge in [0.25, 0.3) is 20.3 Å². The zero-order valence-electron chi connectivity index (χ0n) is 21.2. The molecule has 0 atom stereocenters. The normalized spacial score (nSPS) is 9.90. The Morgan fingerprint density at radius 2 is 1.12 bits per heavy atom. The molecule has 0 amide bonds. The molecule has 0 heterocycles. The summed E-state index contributed by atoms with van der Waals surface area (Å²) in [5.74, 6) is -4.26. The van der Waals surface area contributed by atoms with Crippen LogP contribution in [0.2, 0.25) is 0 Å². The average molecular weight is 578 g/mol. The number of hydrogen-bond acceptors (Lipinski definition) is 16. The number of ether oxygens (including phenoxy) is 2. The standard InChI is InChI=1S/C18H20N4O16.C2H6/c1-2-14-7-15(37-17(23)5-12(8-33-19(25)26)9-34-20(27)28)3-4-16(14)38-18(24)6-13(10-35-21(29)30)11-36-22(31)32;1-2/h2-4,7,12-13H,1,5-6,8-11H2;1-2H3. The monoisotopic (exact) mass is 578 g/mol. The van der Waals surface area contributed by atoms with Gasteiger partial charge in [0.2, 0.25) is 0 Å². The number of nitrogens with zero attached hydrogens (tertiary/aromatic N) is 4. The molecule has 0 fully saturated rings. The van der Waals surface area contributed by atoms with E-state index in [4.69, 9.17) is 9.47 Å². The van der Waals surface area contributed by atoms with E-state index in [0.29, 0.717) is 0 Å². The highest BCUT2D eigenvalue weighted by atomic mass is 17.0. The molecule has 0 unspecified atom stereocenters. The summed E-state index contributed by atoms with van der Waals surface area (Å²) in [7, 11) is 0. The van der Waals surface area contributed by atoms with Crippen molar-refractivity contribution in [3.8, 4) is 11.5 Å². The third-order valence-corrected chi connectivity index (χ3v) is 4.23. The van der Waals surface area contributed by atoms with Gasteiger partial charge in [0, 0.05) is 17.4 Å². The van der Waals surface area contributed by atoms with Crippen molar-refractivity contribution in [3.63, 3.8) is 0 Å². The summed E-state index contributed by atoms with van der Waals surface area (Å²) >= 11 is 0. The van der Waals surface area contributed by atoms with Crippen LogP contribution in [0.25, 0.3) is 6.08 Å². The molecule has 222 valence electrons. The van der Waals surface area contributed by atoms with Crippen LogP contribution in [0, 0.1) is 52.3 Å². The van der Waals surface area contributed by atoms with Gasteiger partial charge in [-0.2, -0.15) is 0 Å². The molecule has 20 heteroatoms. The van der Waals surface area contributed by atoms with Crippen LogP contribution in [0.4, 0.5) is 0 Å². The van der Waals surface area contributed by atoms with Crippen molar-refractivity contribution < 1.29 is 58.8 Å². The summed E-state index contributed by atoms with van der Waals surface area (Å²) in [5.41, 5.74) is 0.146. The first kappa shape index (κ1) is 34.7. The van der Waals surface area contributed by atoms with Gasteiger partial charge in [-0.1, -0.05) is 26.5 Å². The van der Waals surface area contributed by atoms with Crippen molar-refractivity contribution >= 4 is 18.0 Å². The summed E-state index contributed by atoms with van der Waals surface area (Å²) in [6.07, 6.45) is 0.109. The molecule has 0 aromatic heterocycles. The quantitative estimate of drug-likeness (QED) is 0.0982. The second-order valence-corrected chi connectivity index (χ2v) is 7.07. The molecule has 1 aromatic carbocycles. The third-order valence-electron chi connectivity index (χ3n) is 4.23. The summed E-state index contributed by atoms with van der Waals surface area (Å²) in [4.78, 5) is 82.4. The van der Waals surface area contributed by atoms with Crippen LogP contribution in [-0.2, 0) is 28.9 Å². The van der Waals surface area contributed by atoms with Crippen LogP contribution in [0.1, 0.15) is 32.3 Å². The van der Waals surface area contributed by atoms with Crippen LogP contribution < -0.4 is 9.47 Å². The Labute approximate surface area is 224 Å². The average Bonchev–Trinajstić information content (AvgIpc) is 2.88. The van der Waals surface area contributed by atoms with E-state index >= 15 is 0 Å². The fraction of sp³-hybridized carbons (Fsp3) is 0.500. The number of hydrogen-bond donors (Lipinski definition) is 0. The Balaban J connectivity index is 0.00000742. The second-order valence-electron chi connectivity index (χ2n) is 7.07. The van der Waals surface area contributed by atoms with Gasteiger partial charge < -0.3 is 28.8 Å². The van der Waals surface area contributed by atoms with Crippen molar-refractivity contribution in [2.45, 2.75) is 26.7 Å². The first-order valence-electron chi connectivity index (χ1n) is 11.2. The smallest absolute Gasteiger partial charge is 0.311 e. The van der Waals surface area contributed by atoms with Gasteiger partial charge in [-0.15, -0.1) is 40.5 Å². The van der Waals surface area contributed by atoms with E-state index in [1.165, 1.54) is 24.3 Å². The van der Waals surface area contributed by atoms with Gasteiger partial charge in [-0.3, -0.25) is 9.59 Å². The fourth-order valence-electron chi connectivity index (χ4n) is 2.65. The molecule has 1 rings (SSSR count). The number of carbonyl (C=O) groups is 2. The van der Waals surface area contributed by atoms with Crippen molar-refractivity contribution in [1.82, 2.24) is 0 Å².